The van der Waals surface area contributed by atoms with E-state index in [-0.39, 0.29) is 18.3 Å². The molecule has 162 valence electrons. The predicted molar refractivity (Wildman–Crippen MR) is 123 cm³/mol. The number of rotatable bonds is 8. The molecule has 0 atom stereocenters. The molecular formula is C22H23N3O4S2. The van der Waals surface area contributed by atoms with E-state index < -0.39 is 10.0 Å². The second-order valence-corrected chi connectivity index (χ2v) is 9.91. The number of thiazole rings is 1. The van der Waals surface area contributed by atoms with Gasteiger partial charge in [-0.3, -0.25) is 9.52 Å². The van der Waals surface area contributed by atoms with E-state index >= 15 is 0 Å². The van der Waals surface area contributed by atoms with Gasteiger partial charge in [0.15, 0.2) is 11.7 Å². The van der Waals surface area contributed by atoms with Gasteiger partial charge in [-0.1, -0.05) is 37.3 Å². The Bertz CT molecular complexity index is 1180. The van der Waals surface area contributed by atoms with Crippen LogP contribution in [0.5, 0.6) is 5.75 Å². The molecule has 0 unspecified atom stereocenters. The zero-order valence-electron chi connectivity index (χ0n) is 17.1. The third-order valence-electron chi connectivity index (χ3n) is 4.89. The smallest absolute Gasteiger partial charge is 0.265 e. The molecule has 2 heterocycles. The number of ether oxygens (including phenoxy) is 1. The van der Waals surface area contributed by atoms with Crippen LogP contribution in [0.2, 0.25) is 0 Å². The number of sulfonamides is 1. The fourth-order valence-corrected chi connectivity index (χ4v) is 5.42. The third kappa shape index (κ3) is 5.05. The molecule has 3 aromatic rings. The van der Waals surface area contributed by atoms with Crippen molar-refractivity contribution in [1.29, 1.82) is 0 Å². The Labute approximate surface area is 185 Å². The fraction of sp³-hybridized carbons (Fsp3) is 0.273. The van der Waals surface area contributed by atoms with E-state index in [1.165, 1.54) is 11.3 Å². The van der Waals surface area contributed by atoms with Crippen LogP contribution in [0.15, 0.2) is 53.9 Å². The molecule has 1 aliphatic heterocycles. The minimum absolute atomic E-state index is 0.0177. The Kier molecular flexibility index (Phi) is 6.24. The number of nitrogens with one attached hydrogen (secondary N) is 1. The highest BCUT2D eigenvalue weighted by Gasteiger charge is 2.25. The number of carbonyl (C=O) groups is 1. The first kappa shape index (κ1) is 21.3. The molecule has 9 heteroatoms. The molecule has 0 saturated carbocycles. The average molecular weight is 458 g/mol. The van der Waals surface area contributed by atoms with E-state index in [2.05, 4.69) is 9.71 Å². The molecular weight excluding hydrogens is 434 g/mol. The van der Waals surface area contributed by atoms with Crippen molar-refractivity contribution >= 4 is 38.1 Å². The van der Waals surface area contributed by atoms with Gasteiger partial charge in [0, 0.05) is 17.5 Å². The first-order valence-corrected chi connectivity index (χ1v) is 12.6. The van der Waals surface area contributed by atoms with Gasteiger partial charge < -0.3 is 9.64 Å². The quantitative estimate of drug-likeness (QED) is 0.554. The van der Waals surface area contributed by atoms with E-state index in [1.54, 1.807) is 10.3 Å². The number of benzene rings is 2. The van der Waals surface area contributed by atoms with E-state index in [9.17, 15) is 13.2 Å². The summed E-state index contributed by atoms with van der Waals surface area (Å²) in [6, 6.07) is 15.0. The molecule has 1 aromatic heterocycles. The highest BCUT2D eigenvalue weighted by Crippen LogP contribution is 2.37. The molecule has 1 aliphatic rings. The van der Waals surface area contributed by atoms with Gasteiger partial charge in [0.1, 0.15) is 5.75 Å². The van der Waals surface area contributed by atoms with Crippen molar-refractivity contribution in [2.75, 3.05) is 28.5 Å². The Balaban J connectivity index is 1.49. The van der Waals surface area contributed by atoms with Crippen LogP contribution in [0, 0.1) is 0 Å². The normalized spacial score (nSPS) is 13.6. The molecule has 0 spiro atoms. The largest absolute Gasteiger partial charge is 0.482 e. The molecule has 0 saturated heterocycles. The maximum Gasteiger partial charge on any atom is 0.265 e. The summed E-state index contributed by atoms with van der Waals surface area (Å²) in [5.41, 5.74) is 3.12. The van der Waals surface area contributed by atoms with Crippen LogP contribution in [-0.2, 0) is 21.2 Å². The summed E-state index contributed by atoms with van der Waals surface area (Å²) in [5, 5.41) is 2.12. The molecule has 0 aliphatic carbocycles. The monoisotopic (exact) mass is 457 g/mol. The highest BCUT2D eigenvalue weighted by molar-refractivity contribution is 7.92. The second kappa shape index (κ2) is 9.07. The number of anilines is 2. The van der Waals surface area contributed by atoms with Gasteiger partial charge in [0.2, 0.25) is 10.0 Å². The molecule has 31 heavy (non-hydrogen) atoms. The minimum Gasteiger partial charge on any atom is -0.482 e. The van der Waals surface area contributed by atoms with Gasteiger partial charge in [0.25, 0.3) is 5.91 Å². The summed E-state index contributed by atoms with van der Waals surface area (Å²) in [7, 11) is -3.51. The first-order chi connectivity index (χ1) is 14.9. The lowest BCUT2D eigenvalue weighted by Crippen LogP contribution is -2.39. The predicted octanol–water partition coefficient (Wildman–Crippen LogP) is 3.93. The summed E-state index contributed by atoms with van der Waals surface area (Å²) in [6.07, 6.45) is 1.27. The van der Waals surface area contributed by atoms with Gasteiger partial charge in [0.05, 0.1) is 17.1 Å². The molecule has 4 rings (SSSR count). The zero-order valence-corrected chi connectivity index (χ0v) is 18.7. The first-order valence-electron chi connectivity index (χ1n) is 10.0. The minimum atomic E-state index is -3.51. The Morgan fingerprint density at radius 1 is 1.19 bits per heavy atom. The third-order valence-corrected chi connectivity index (χ3v) is 7.03. The lowest BCUT2D eigenvalue weighted by molar-refractivity contribution is -0.121. The van der Waals surface area contributed by atoms with Crippen LogP contribution in [0.25, 0.3) is 11.3 Å². The Morgan fingerprint density at radius 3 is 2.77 bits per heavy atom. The van der Waals surface area contributed by atoms with Crippen LogP contribution in [-0.4, -0.2) is 38.2 Å². The number of amides is 1. The average Bonchev–Trinajstić information content (AvgIpc) is 3.22. The van der Waals surface area contributed by atoms with Crippen molar-refractivity contribution in [2.24, 2.45) is 0 Å². The van der Waals surface area contributed by atoms with Crippen LogP contribution >= 0.6 is 11.3 Å². The van der Waals surface area contributed by atoms with Gasteiger partial charge in [-0.05, 0) is 36.6 Å². The van der Waals surface area contributed by atoms with Crippen LogP contribution in [0.3, 0.4) is 0 Å². The van der Waals surface area contributed by atoms with Crippen LogP contribution < -0.4 is 14.4 Å². The van der Waals surface area contributed by atoms with Gasteiger partial charge in [-0.2, -0.15) is 0 Å². The molecule has 0 bridgehead atoms. The SMILES string of the molecule is CCCN1C(=O)COc2ccc(-c3csc(NS(=O)(=O)CCc4ccccc4)n3)cc21. The lowest BCUT2D eigenvalue weighted by atomic mass is 10.1. The maximum atomic E-state index is 12.5. The topological polar surface area (TPSA) is 88.6 Å². The van der Waals surface area contributed by atoms with E-state index in [0.29, 0.717) is 35.2 Å². The number of fused-ring (bicyclic) bond motifs is 1. The van der Waals surface area contributed by atoms with Crippen molar-refractivity contribution in [3.63, 3.8) is 0 Å². The highest BCUT2D eigenvalue weighted by atomic mass is 32.2. The summed E-state index contributed by atoms with van der Waals surface area (Å²) in [6.45, 7) is 2.67. The molecule has 1 amide bonds. The number of aromatic nitrogens is 1. The summed E-state index contributed by atoms with van der Waals surface area (Å²) in [4.78, 5) is 18.4. The molecule has 2 aromatic carbocycles. The molecule has 7 nitrogen and oxygen atoms in total. The van der Waals surface area contributed by atoms with E-state index in [0.717, 1.165) is 17.5 Å². The number of nitrogens with zero attached hydrogens (tertiary/aromatic N) is 2. The molecule has 1 N–H and O–H groups in total. The summed E-state index contributed by atoms with van der Waals surface area (Å²) in [5.74, 6) is 0.571. The van der Waals surface area contributed by atoms with Crippen molar-refractivity contribution in [1.82, 2.24) is 4.98 Å². The molecule has 0 radical (unpaired) electrons. The number of carbonyl (C=O) groups excluding carboxylic acids is 1. The number of hydrogen-bond donors (Lipinski definition) is 1. The Hall–Kier alpha value is -2.91. The second-order valence-electron chi connectivity index (χ2n) is 7.21. The fourth-order valence-electron chi connectivity index (χ4n) is 3.36. The van der Waals surface area contributed by atoms with E-state index in [1.807, 2.05) is 55.5 Å². The lowest BCUT2D eigenvalue weighted by Gasteiger charge is -2.29. The van der Waals surface area contributed by atoms with E-state index in [4.69, 9.17) is 4.74 Å². The van der Waals surface area contributed by atoms with Crippen LogP contribution in [0.1, 0.15) is 18.9 Å². The van der Waals surface area contributed by atoms with Gasteiger partial charge >= 0.3 is 0 Å². The standard InChI is InChI=1S/C22H23N3O4S2/c1-2-11-25-19-13-17(8-9-20(19)29-14-21(25)26)18-15-30-22(23-18)24-31(27,28)12-10-16-6-4-3-5-7-16/h3-9,13,15H,2,10-12,14H2,1H3,(H,23,24). The van der Waals surface area contributed by atoms with Crippen molar-refractivity contribution in [3.05, 3.63) is 59.5 Å². The van der Waals surface area contributed by atoms with Crippen molar-refractivity contribution < 1.29 is 17.9 Å². The Morgan fingerprint density at radius 2 is 2.00 bits per heavy atom. The number of aryl methyl sites for hydroxylation is 1. The van der Waals surface area contributed by atoms with Crippen LogP contribution in [0.4, 0.5) is 10.8 Å². The van der Waals surface area contributed by atoms with Crippen molar-refractivity contribution in [2.45, 2.75) is 19.8 Å². The number of hydrogen-bond acceptors (Lipinski definition) is 6. The van der Waals surface area contributed by atoms with Gasteiger partial charge in [-0.15, -0.1) is 11.3 Å². The summed E-state index contributed by atoms with van der Waals surface area (Å²) < 4.78 is 33.0. The molecule has 0 fully saturated rings. The summed E-state index contributed by atoms with van der Waals surface area (Å²) >= 11 is 1.23. The zero-order chi connectivity index (χ0) is 21.8. The van der Waals surface area contributed by atoms with Crippen molar-refractivity contribution in [3.8, 4) is 17.0 Å². The van der Waals surface area contributed by atoms with Gasteiger partial charge in [-0.25, -0.2) is 13.4 Å². The maximum absolute atomic E-state index is 12.5.